The summed E-state index contributed by atoms with van der Waals surface area (Å²) < 4.78 is 0. The van der Waals surface area contributed by atoms with Crippen LogP contribution in [0.2, 0.25) is 0 Å². The van der Waals surface area contributed by atoms with Crippen LogP contribution in [0.4, 0.5) is 0 Å². The Balaban J connectivity index is 3.23. The van der Waals surface area contributed by atoms with Crippen LogP contribution in [0.25, 0.3) is 0 Å². The number of rotatable bonds is 17. The number of nitrogens with zero attached hydrogens (tertiary/aromatic N) is 3. The molecule has 0 spiro atoms. The maximum absolute atomic E-state index is 11.4. The molecule has 0 fully saturated rings. The summed E-state index contributed by atoms with van der Waals surface area (Å²) in [7, 11) is 0. The molecule has 1 atom stereocenters. The maximum atomic E-state index is 11.4. The van der Waals surface area contributed by atoms with E-state index in [0.717, 1.165) is 9.80 Å². The Morgan fingerprint density at radius 1 is 0.618 bits per heavy atom. The largest absolute Gasteiger partial charge is 0.508 e. The number of aliphatic carboxylic acids is 5. The van der Waals surface area contributed by atoms with Crippen molar-refractivity contribution in [3.05, 3.63) is 29.8 Å². The smallest absolute Gasteiger partial charge is 0.317 e. The van der Waals surface area contributed by atoms with Crippen molar-refractivity contribution in [2.45, 2.75) is 6.04 Å². The van der Waals surface area contributed by atoms with Gasteiger partial charge in [0.25, 0.3) is 0 Å². The summed E-state index contributed by atoms with van der Waals surface area (Å²) in [6, 6.07) is 4.57. The molecular weight excluding hydrogens is 458 g/mol. The Morgan fingerprint density at radius 2 is 1.00 bits per heavy atom. The number of aromatic hydroxyl groups is 1. The molecule has 0 saturated heterocycles. The summed E-state index contributed by atoms with van der Waals surface area (Å²) in [6.07, 6.45) is 0. The lowest BCUT2D eigenvalue weighted by Crippen LogP contribution is -2.46. The van der Waals surface area contributed by atoms with Crippen molar-refractivity contribution in [1.82, 2.24) is 14.7 Å². The molecule has 0 aromatic heterocycles. The second-order valence-electron chi connectivity index (χ2n) is 7.43. The zero-order valence-electron chi connectivity index (χ0n) is 18.1. The molecule has 0 heterocycles. The van der Waals surface area contributed by atoms with E-state index < -0.39 is 68.6 Å². The molecule has 0 radical (unpaired) electrons. The van der Waals surface area contributed by atoms with Gasteiger partial charge in [-0.15, -0.1) is 0 Å². The van der Waals surface area contributed by atoms with Crippen LogP contribution in [-0.2, 0) is 24.0 Å². The highest BCUT2D eigenvalue weighted by Gasteiger charge is 2.28. The lowest BCUT2D eigenvalue weighted by molar-refractivity contribution is -0.144. The lowest BCUT2D eigenvalue weighted by Gasteiger charge is -2.34. The van der Waals surface area contributed by atoms with E-state index in [2.05, 4.69) is 0 Å². The number of hydrogen-bond acceptors (Lipinski definition) is 9. The van der Waals surface area contributed by atoms with E-state index in [4.69, 9.17) is 10.2 Å². The quantitative estimate of drug-likeness (QED) is 0.152. The van der Waals surface area contributed by atoms with Crippen LogP contribution in [0.1, 0.15) is 11.6 Å². The van der Waals surface area contributed by atoms with Crippen molar-refractivity contribution in [2.75, 3.05) is 52.4 Å². The zero-order chi connectivity index (χ0) is 25.8. The fraction of sp³-hybridized carbons (Fsp3) is 0.450. The van der Waals surface area contributed by atoms with Gasteiger partial charge < -0.3 is 30.6 Å². The Kier molecular flexibility index (Phi) is 11.4. The van der Waals surface area contributed by atoms with Crippen LogP contribution in [0.15, 0.2) is 24.3 Å². The molecular formula is C20H27N3O11. The number of hydrogen-bond donors (Lipinski definition) is 6. The standard InChI is InChI=1S/C20H27N3O11/c24-14-3-1-13(2-4-14)15(23(11-19(31)32)12-20(33)34)7-21(8-16(25)26)5-6-22(9-17(27)28)10-18(29)30/h1-4,15,24H,5-12H2,(H,25,26)(H,27,28)(H,29,30)(H,31,32)(H,33,34). The van der Waals surface area contributed by atoms with E-state index in [-0.39, 0.29) is 25.4 Å². The number of phenolic OH excluding ortho intramolecular Hbond substituents is 1. The minimum atomic E-state index is -1.32. The summed E-state index contributed by atoms with van der Waals surface area (Å²) >= 11 is 0. The molecule has 1 aromatic rings. The van der Waals surface area contributed by atoms with Gasteiger partial charge in [-0.1, -0.05) is 12.1 Å². The van der Waals surface area contributed by atoms with Gasteiger partial charge in [-0.2, -0.15) is 0 Å². The fourth-order valence-electron chi connectivity index (χ4n) is 3.30. The summed E-state index contributed by atoms with van der Waals surface area (Å²) in [5.74, 6) is -6.53. The van der Waals surface area contributed by atoms with E-state index in [9.17, 15) is 44.4 Å². The summed E-state index contributed by atoms with van der Waals surface area (Å²) in [6.45, 7) is -3.52. The average molecular weight is 485 g/mol. The molecule has 1 rings (SSSR count). The molecule has 0 aliphatic carbocycles. The van der Waals surface area contributed by atoms with E-state index in [1.54, 1.807) is 0 Å². The van der Waals surface area contributed by atoms with Crippen molar-refractivity contribution in [3.8, 4) is 5.75 Å². The molecule has 34 heavy (non-hydrogen) atoms. The minimum absolute atomic E-state index is 0.0918. The molecule has 0 aliphatic rings. The van der Waals surface area contributed by atoms with Gasteiger partial charge in [0.05, 0.1) is 32.7 Å². The van der Waals surface area contributed by atoms with E-state index in [1.807, 2.05) is 0 Å². The number of carboxylic acid groups (broad SMARTS) is 5. The normalized spacial score (nSPS) is 12.1. The highest BCUT2D eigenvalue weighted by atomic mass is 16.4. The van der Waals surface area contributed by atoms with Crippen molar-refractivity contribution in [1.29, 1.82) is 0 Å². The topological polar surface area (TPSA) is 216 Å². The van der Waals surface area contributed by atoms with Gasteiger partial charge in [0.15, 0.2) is 0 Å². The second-order valence-corrected chi connectivity index (χ2v) is 7.43. The first-order valence-corrected chi connectivity index (χ1v) is 9.94. The summed E-state index contributed by atoms with van der Waals surface area (Å²) in [5, 5.41) is 55.4. The monoisotopic (exact) mass is 485 g/mol. The Morgan fingerprint density at radius 3 is 1.41 bits per heavy atom. The van der Waals surface area contributed by atoms with Crippen LogP contribution in [0.3, 0.4) is 0 Å². The van der Waals surface area contributed by atoms with Gasteiger partial charge in [-0.05, 0) is 17.7 Å². The molecule has 14 heteroatoms. The van der Waals surface area contributed by atoms with E-state index >= 15 is 0 Å². The number of phenols is 1. The summed E-state index contributed by atoms with van der Waals surface area (Å²) in [4.78, 5) is 59.7. The third kappa shape index (κ3) is 11.2. The Labute approximate surface area is 193 Å². The van der Waals surface area contributed by atoms with Gasteiger partial charge in [-0.25, -0.2) is 0 Å². The first kappa shape index (κ1) is 28.3. The van der Waals surface area contributed by atoms with E-state index in [0.29, 0.717) is 5.56 Å². The second kappa shape index (κ2) is 13.7. The third-order valence-electron chi connectivity index (χ3n) is 4.64. The fourth-order valence-corrected chi connectivity index (χ4v) is 3.30. The van der Waals surface area contributed by atoms with Crippen LogP contribution in [-0.4, -0.2) is 128 Å². The molecule has 0 amide bonds. The maximum Gasteiger partial charge on any atom is 0.317 e. The molecule has 1 unspecified atom stereocenters. The van der Waals surface area contributed by atoms with Crippen molar-refractivity contribution >= 4 is 29.8 Å². The third-order valence-corrected chi connectivity index (χ3v) is 4.64. The van der Waals surface area contributed by atoms with Crippen molar-refractivity contribution < 1.29 is 54.6 Å². The Bertz CT molecular complexity index is 843. The predicted molar refractivity (Wildman–Crippen MR) is 113 cm³/mol. The highest BCUT2D eigenvalue weighted by molar-refractivity contribution is 5.73. The zero-order valence-corrected chi connectivity index (χ0v) is 18.1. The van der Waals surface area contributed by atoms with Crippen LogP contribution < -0.4 is 0 Å². The van der Waals surface area contributed by atoms with Crippen LogP contribution in [0, 0.1) is 0 Å². The molecule has 6 N–H and O–H groups in total. The molecule has 0 aliphatic heterocycles. The number of carboxylic acids is 5. The van der Waals surface area contributed by atoms with Gasteiger partial charge in [0.1, 0.15) is 5.75 Å². The van der Waals surface area contributed by atoms with Gasteiger partial charge in [-0.3, -0.25) is 38.7 Å². The first-order valence-electron chi connectivity index (χ1n) is 9.94. The van der Waals surface area contributed by atoms with Gasteiger partial charge in [0, 0.05) is 25.7 Å². The SMILES string of the molecule is O=C(O)CN(CCN(CC(=O)O)CC(c1ccc(O)cc1)N(CC(=O)O)CC(=O)O)CC(=O)O. The number of carbonyl (C=O) groups is 5. The first-order chi connectivity index (χ1) is 15.9. The van der Waals surface area contributed by atoms with Crippen molar-refractivity contribution in [3.63, 3.8) is 0 Å². The molecule has 0 bridgehead atoms. The van der Waals surface area contributed by atoms with Crippen LogP contribution in [0.5, 0.6) is 5.75 Å². The van der Waals surface area contributed by atoms with Crippen LogP contribution >= 0.6 is 0 Å². The molecule has 0 saturated carbocycles. The predicted octanol–water partition coefficient (Wildman–Crippen LogP) is -1.24. The average Bonchev–Trinajstić information content (AvgIpc) is 2.68. The molecule has 14 nitrogen and oxygen atoms in total. The lowest BCUT2D eigenvalue weighted by atomic mass is 10.0. The minimum Gasteiger partial charge on any atom is -0.508 e. The highest BCUT2D eigenvalue weighted by Crippen LogP contribution is 2.24. The van der Waals surface area contributed by atoms with E-state index in [1.165, 1.54) is 29.2 Å². The molecule has 188 valence electrons. The Hall–Kier alpha value is -3.75. The number of benzene rings is 1. The van der Waals surface area contributed by atoms with Crippen molar-refractivity contribution in [2.24, 2.45) is 0 Å². The summed E-state index contributed by atoms with van der Waals surface area (Å²) in [5.41, 5.74) is 0.406. The molecule has 1 aromatic carbocycles. The van der Waals surface area contributed by atoms with Gasteiger partial charge in [0.2, 0.25) is 0 Å². The van der Waals surface area contributed by atoms with Gasteiger partial charge >= 0.3 is 29.8 Å².